The first-order chi connectivity index (χ1) is 11.7. The number of guanidine groups is 1. The van der Waals surface area contributed by atoms with Gasteiger partial charge in [-0.25, -0.2) is 4.98 Å². The largest absolute Gasteiger partial charge is 0.478 e. The second-order valence-corrected chi connectivity index (χ2v) is 5.40. The van der Waals surface area contributed by atoms with Gasteiger partial charge in [0.1, 0.15) is 0 Å². The Bertz CT molecular complexity index is 482. The molecule has 0 radical (unpaired) electrons. The summed E-state index contributed by atoms with van der Waals surface area (Å²) in [5.41, 5.74) is 1.01. The zero-order chi connectivity index (χ0) is 17.6. The predicted molar refractivity (Wildman–Crippen MR) is 97.6 cm³/mol. The third kappa shape index (κ3) is 8.12. The Labute approximate surface area is 145 Å². The van der Waals surface area contributed by atoms with Gasteiger partial charge in [0.25, 0.3) is 0 Å². The molecule has 7 heteroatoms. The van der Waals surface area contributed by atoms with E-state index >= 15 is 0 Å². The Balaban J connectivity index is 2.33. The number of nitrogens with zero attached hydrogens (tertiary/aromatic N) is 3. The van der Waals surface area contributed by atoms with Crippen LogP contribution in [0.3, 0.4) is 0 Å². The lowest BCUT2D eigenvalue weighted by molar-refractivity contribution is 0.180. The van der Waals surface area contributed by atoms with Gasteiger partial charge in [0.2, 0.25) is 5.88 Å². The maximum Gasteiger partial charge on any atom is 0.218 e. The fraction of sp³-hybridized carbons (Fsp3) is 0.647. The van der Waals surface area contributed by atoms with Crippen molar-refractivity contribution in [3.8, 4) is 5.88 Å². The zero-order valence-electron chi connectivity index (χ0n) is 15.3. The van der Waals surface area contributed by atoms with Gasteiger partial charge in [-0.1, -0.05) is 6.07 Å². The molecule has 2 N–H and O–H groups in total. The summed E-state index contributed by atoms with van der Waals surface area (Å²) >= 11 is 0. The number of aromatic nitrogens is 1. The molecular weight excluding hydrogens is 306 g/mol. The van der Waals surface area contributed by atoms with E-state index in [1.807, 2.05) is 19.1 Å². The minimum atomic E-state index is 0.604. The summed E-state index contributed by atoms with van der Waals surface area (Å²) in [6.45, 7) is 6.77. The van der Waals surface area contributed by atoms with Crippen LogP contribution in [-0.2, 0) is 11.3 Å². The van der Waals surface area contributed by atoms with E-state index in [1.54, 1.807) is 20.4 Å². The summed E-state index contributed by atoms with van der Waals surface area (Å²) in [4.78, 5) is 10.8. The monoisotopic (exact) mass is 337 g/mol. The summed E-state index contributed by atoms with van der Waals surface area (Å²) in [5, 5.41) is 6.61. The molecule has 0 atom stereocenters. The lowest BCUT2D eigenvalue weighted by Crippen LogP contribution is -2.40. The van der Waals surface area contributed by atoms with Crippen LogP contribution in [0.4, 0.5) is 0 Å². The van der Waals surface area contributed by atoms with Crippen LogP contribution in [0, 0.1) is 0 Å². The molecule has 0 aromatic carbocycles. The number of nitrogens with one attached hydrogen (secondary N) is 2. The highest BCUT2D eigenvalue weighted by Gasteiger charge is 2.05. The summed E-state index contributed by atoms with van der Waals surface area (Å²) in [7, 11) is 5.61. The Morgan fingerprint density at radius 1 is 1.33 bits per heavy atom. The van der Waals surface area contributed by atoms with Gasteiger partial charge in [0.15, 0.2) is 5.96 Å². The Morgan fingerprint density at radius 3 is 2.88 bits per heavy atom. The van der Waals surface area contributed by atoms with Crippen molar-refractivity contribution in [2.75, 3.05) is 54.1 Å². The Morgan fingerprint density at radius 2 is 2.17 bits per heavy atom. The summed E-state index contributed by atoms with van der Waals surface area (Å²) in [6, 6.07) is 3.91. The van der Waals surface area contributed by atoms with Gasteiger partial charge >= 0.3 is 0 Å². The van der Waals surface area contributed by atoms with E-state index in [-0.39, 0.29) is 0 Å². The van der Waals surface area contributed by atoms with Gasteiger partial charge in [0, 0.05) is 58.7 Å². The summed E-state index contributed by atoms with van der Waals surface area (Å²) < 4.78 is 10.6. The fourth-order valence-electron chi connectivity index (χ4n) is 2.18. The summed E-state index contributed by atoms with van der Waals surface area (Å²) in [5.74, 6) is 1.44. The molecule has 1 rings (SSSR count). The van der Waals surface area contributed by atoms with Crippen LogP contribution in [0.1, 0.15) is 18.9 Å². The molecule has 0 aliphatic carbocycles. The number of methoxy groups -OCH3 is 1. The molecule has 0 aliphatic heterocycles. The average molecular weight is 337 g/mol. The maximum atomic E-state index is 5.53. The van der Waals surface area contributed by atoms with E-state index in [1.165, 1.54) is 0 Å². The molecule has 24 heavy (non-hydrogen) atoms. The number of hydrogen-bond acceptors (Lipinski definition) is 5. The van der Waals surface area contributed by atoms with E-state index < -0.39 is 0 Å². The van der Waals surface area contributed by atoms with Crippen molar-refractivity contribution in [3.63, 3.8) is 0 Å². The lowest BCUT2D eigenvalue weighted by atomic mass is 10.2. The summed E-state index contributed by atoms with van der Waals surface area (Å²) in [6.07, 6.45) is 2.78. The van der Waals surface area contributed by atoms with E-state index in [0.29, 0.717) is 19.0 Å². The predicted octanol–water partition coefficient (Wildman–Crippen LogP) is 1.11. The van der Waals surface area contributed by atoms with Crippen LogP contribution in [0.25, 0.3) is 0 Å². The Kier molecular flexibility index (Phi) is 10.6. The van der Waals surface area contributed by atoms with Crippen molar-refractivity contribution in [2.24, 2.45) is 4.99 Å². The molecule has 0 spiro atoms. The molecule has 0 unspecified atom stereocenters. The molecule has 0 saturated heterocycles. The van der Waals surface area contributed by atoms with Gasteiger partial charge in [-0.15, -0.1) is 0 Å². The van der Waals surface area contributed by atoms with Crippen molar-refractivity contribution in [1.82, 2.24) is 20.5 Å². The van der Waals surface area contributed by atoms with Crippen LogP contribution in [0.15, 0.2) is 23.3 Å². The van der Waals surface area contributed by atoms with Crippen molar-refractivity contribution in [1.29, 1.82) is 0 Å². The number of likely N-dealkylation sites (N-methyl/N-ethyl adjacent to an activating group) is 1. The first-order valence-electron chi connectivity index (χ1n) is 8.40. The Hall–Kier alpha value is -1.86. The number of aliphatic imine (C=N–C) groups is 1. The molecule has 0 amide bonds. The molecule has 0 saturated carbocycles. The minimum Gasteiger partial charge on any atom is -0.478 e. The zero-order valence-corrected chi connectivity index (χ0v) is 15.3. The number of ether oxygens (including phenoxy) is 2. The lowest BCUT2D eigenvalue weighted by Gasteiger charge is -2.18. The highest BCUT2D eigenvalue weighted by Crippen LogP contribution is 2.13. The van der Waals surface area contributed by atoms with E-state index in [2.05, 4.69) is 32.6 Å². The highest BCUT2D eigenvalue weighted by molar-refractivity contribution is 5.79. The molecule has 0 bridgehead atoms. The van der Waals surface area contributed by atoms with Crippen LogP contribution in [0.2, 0.25) is 0 Å². The van der Waals surface area contributed by atoms with E-state index in [4.69, 9.17) is 9.47 Å². The van der Waals surface area contributed by atoms with Crippen molar-refractivity contribution < 1.29 is 9.47 Å². The smallest absolute Gasteiger partial charge is 0.218 e. The molecule has 0 fully saturated rings. The molecule has 0 aliphatic rings. The first-order valence-corrected chi connectivity index (χ1v) is 8.40. The maximum absolute atomic E-state index is 5.53. The van der Waals surface area contributed by atoms with Crippen LogP contribution in [-0.4, -0.2) is 69.9 Å². The normalized spacial score (nSPS) is 11.6. The molecule has 1 heterocycles. The van der Waals surface area contributed by atoms with Gasteiger partial charge in [-0.05, 0) is 26.5 Å². The highest BCUT2D eigenvalue weighted by atomic mass is 16.5. The quantitative estimate of drug-likeness (QED) is 0.358. The van der Waals surface area contributed by atoms with Gasteiger partial charge < -0.3 is 25.0 Å². The third-order valence-corrected chi connectivity index (χ3v) is 3.48. The topological polar surface area (TPSA) is 71.0 Å². The third-order valence-electron chi connectivity index (χ3n) is 3.48. The first kappa shape index (κ1) is 20.2. The van der Waals surface area contributed by atoms with Gasteiger partial charge in [-0.2, -0.15) is 0 Å². The number of pyridine rings is 1. The van der Waals surface area contributed by atoms with Crippen LogP contribution >= 0.6 is 0 Å². The van der Waals surface area contributed by atoms with Crippen molar-refractivity contribution in [3.05, 3.63) is 23.9 Å². The molecule has 1 aromatic rings. The standard InChI is InChI=1S/C17H31N5O2/c1-5-24-16-15(8-6-9-19-16)14-21-17(18-2)20-10-12-22(3)11-7-13-23-4/h6,8-9H,5,7,10-14H2,1-4H3,(H2,18,20,21). The van der Waals surface area contributed by atoms with E-state index in [9.17, 15) is 0 Å². The average Bonchev–Trinajstić information content (AvgIpc) is 2.59. The SMILES string of the molecule is CCOc1ncccc1CNC(=NC)NCCN(C)CCCOC. The van der Waals surface area contributed by atoms with Gasteiger partial charge in [0.05, 0.1) is 6.61 Å². The molecule has 1 aromatic heterocycles. The minimum absolute atomic E-state index is 0.604. The molecular formula is C17H31N5O2. The molecule has 136 valence electrons. The van der Waals surface area contributed by atoms with Crippen molar-refractivity contribution in [2.45, 2.75) is 19.9 Å². The van der Waals surface area contributed by atoms with Crippen LogP contribution in [0.5, 0.6) is 5.88 Å². The number of rotatable bonds is 11. The van der Waals surface area contributed by atoms with Crippen LogP contribution < -0.4 is 15.4 Å². The van der Waals surface area contributed by atoms with Gasteiger partial charge in [-0.3, -0.25) is 4.99 Å². The van der Waals surface area contributed by atoms with Crippen molar-refractivity contribution >= 4 is 5.96 Å². The molecule has 7 nitrogen and oxygen atoms in total. The fourth-order valence-corrected chi connectivity index (χ4v) is 2.18. The second kappa shape index (κ2) is 12.5. The second-order valence-electron chi connectivity index (χ2n) is 5.40. The van der Waals surface area contributed by atoms with E-state index in [0.717, 1.165) is 44.2 Å². The number of hydrogen-bond donors (Lipinski definition) is 2.